The van der Waals surface area contributed by atoms with Crippen LogP contribution in [0.2, 0.25) is 5.02 Å². The Morgan fingerprint density at radius 3 is 2.79 bits per heavy atom. The second-order valence-electron chi connectivity index (χ2n) is 7.70. The van der Waals surface area contributed by atoms with Crippen molar-refractivity contribution in [3.05, 3.63) is 57.3 Å². The monoisotopic (exact) mass is 518 g/mol. The molecule has 33 heavy (non-hydrogen) atoms. The van der Waals surface area contributed by atoms with Crippen LogP contribution in [0.15, 0.2) is 24.4 Å². The van der Waals surface area contributed by atoms with Gasteiger partial charge in [0.15, 0.2) is 22.5 Å². The maximum absolute atomic E-state index is 13.8. The van der Waals surface area contributed by atoms with E-state index in [1.165, 1.54) is 11.3 Å². The molecule has 2 aliphatic heterocycles. The van der Waals surface area contributed by atoms with Crippen LogP contribution in [0, 0.1) is 17.5 Å². The molecule has 2 aromatic heterocycles. The van der Waals surface area contributed by atoms with Gasteiger partial charge in [0.05, 0.1) is 33.9 Å². The lowest BCUT2D eigenvalue weighted by Crippen LogP contribution is -2.50. The van der Waals surface area contributed by atoms with E-state index in [4.69, 9.17) is 16.3 Å². The van der Waals surface area contributed by atoms with Gasteiger partial charge in [0.25, 0.3) is 5.91 Å². The van der Waals surface area contributed by atoms with Gasteiger partial charge in [-0.25, -0.2) is 13.2 Å². The maximum Gasteiger partial charge on any atom is 0.261 e. The van der Waals surface area contributed by atoms with E-state index in [1.807, 2.05) is 0 Å². The number of carbonyl (C=O) groups is 1. The summed E-state index contributed by atoms with van der Waals surface area (Å²) in [6.45, 7) is 1.97. The Hall–Kier alpha value is -2.27. The summed E-state index contributed by atoms with van der Waals surface area (Å²) in [5, 5.41) is 11.4. The first-order valence-corrected chi connectivity index (χ1v) is 11.3. The highest BCUT2D eigenvalue weighted by molar-refractivity contribution is 7.16. The second kappa shape index (κ2) is 9.54. The summed E-state index contributed by atoms with van der Waals surface area (Å²) in [6, 6.07) is 3.27. The fourth-order valence-corrected chi connectivity index (χ4v) is 5.40. The molecule has 5 rings (SSSR count). The minimum Gasteiger partial charge on any atom is -0.481 e. The van der Waals surface area contributed by atoms with Crippen molar-refractivity contribution in [2.45, 2.75) is 24.9 Å². The van der Waals surface area contributed by atoms with Crippen molar-refractivity contribution in [1.82, 2.24) is 20.4 Å². The standard InChI is InChI=1S/C21H18ClF3N4O2S.ClH/c22-13-8-27-29-3-4-31-21-12(19(13)29)7-17(32-21)20(30)28-16-9-26-2-1-11(16)10-5-14(23)18(25)15(24)6-10;/h5-8,11,16,26H,1-4,9H2,(H,28,30);1H/t11-,16+;/m0./s1. The Morgan fingerprint density at radius 1 is 1.27 bits per heavy atom. The first-order chi connectivity index (χ1) is 15.4. The quantitative estimate of drug-likeness (QED) is 0.505. The van der Waals surface area contributed by atoms with Gasteiger partial charge in [0, 0.05) is 18.5 Å². The third-order valence-corrected chi connectivity index (χ3v) is 7.06. The normalized spacial score (nSPS) is 19.5. The van der Waals surface area contributed by atoms with Gasteiger partial charge in [-0.3, -0.25) is 9.48 Å². The molecule has 6 nitrogen and oxygen atoms in total. The number of rotatable bonds is 3. The van der Waals surface area contributed by atoms with Gasteiger partial charge in [0.2, 0.25) is 0 Å². The lowest BCUT2D eigenvalue weighted by atomic mass is 9.85. The minimum atomic E-state index is -1.50. The number of fused-ring (bicyclic) bond motifs is 3. The number of ether oxygens (including phenoxy) is 1. The molecule has 1 amide bonds. The SMILES string of the molecule is Cl.O=C(N[C@@H]1CNCC[C@H]1c1cc(F)c(F)c(F)c1)c1cc2c(s1)OCCn1ncc(Cl)c1-2. The number of amides is 1. The molecule has 2 atom stereocenters. The van der Waals surface area contributed by atoms with Gasteiger partial charge in [-0.2, -0.15) is 5.10 Å². The molecule has 0 radical (unpaired) electrons. The van der Waals surface area contributed by atoms with E-state index in [9.17, 15) is 18.0 Å². The van der Waals surface area contributed by atoms with Gasteiger partial charge in [-0.15, -0.1) is 12.4 Å². The molecule has 1 saturated heterocycles. The van der Waals surface area contributed by atoms with Crippen LogP contribution in [0.1, 0.15) is 27.6 Å². The molecule has 2 N–H and O–H groups in total. The lowest BCUT2D eigenvalue weighted by Gasteiger charge is -2.33. The smallest absolute Gasteiger partial charge is 0.261 e. The van der Waals surface area contributed by atoms with Crippen LogP contribution in [0.5, 0.6) is 5.06 Å². The van der Waals surface area contributed by atoms with Crippen LogP contribution >= 0.6 is 35.3 Å². The topological polar surface area (TPSA) is 68.2 Å². The number of hydrogen-bond donors (Lipinski definition) is 2. The highest BCUT2D eigenvalue weighted by Gasteiger charge is 2.31. The summed E-state index contributed by atoms with van der Waals surface area (Å²) in [4.78, 5) is 13.5. The largest absolute Gasteiger partial charge is 0.481 e. The third kappa shape index (κ3) is 4.44. The molecule has 176 valence electrons. The van der Waals surface area contributed by atoms with E-state index in [0.717, 1.165) is 12.1 Å². The summed E-state index contributed by atoms with van der Waals surface area (Å²) in [7, 11) is 0. The first-order valence-electron chi connectivity index (χ1n) is 10.1. The van der Waals surface area contributed by atoms with E-state index in [0.29, 0.717) is 64.4 Å². The van der Waals surface area contributed by atoms with Crippen molar-refractivity contribution >= 4 is 41.3 Å². The number of nitrogens with zero attached hydrogens (tertiary/aromatic N) is 2. The van der Waals surface area contributed by atoms with Crippen LogP contribution in [0.25, 0.3) is 11.3 Å². The molecule has 0 aliphatic carbocycles. The van der Waals surface area contributed by atoms with Gasteiger partial charge >= 0.3 is 0 Å². The average Bonchev–Trinajstić information content (AvgIpc) is 3.30. The van der Waals surface area contributed by atoms with Gasteiger partial charge in [-0.1, -0.05) is 22.9 Å². The van der Waals surface area contributed by atoms with Crippen LogP contribution in [-0.2, 0) is 6.54 Å². The highest BCUT2D eigenvalue weighted by atomic mass is 35.5. The minimum absolute atomic E-state index is 0. The highest BCUT2D eigenvalue weighted by Crippen LogP contribution is 2.42. The van der Waals surface area contributed by atoms with E-state index in [-0.39, 0.29) is 24.2 Å². The molecule has 3 aromatic rings. The average molecular weight is 519 g/mol. The number of hydrogen-bond acceptors (Lipinski definition) is 5. The number of piperidine rings is 1. The Labute approximate surface area is 202 Å². The second-order valence-corrected chi connectivity index (χ2v) is 9.12. The molecule has 4 heterocycles. The van der Waals surface area contributed by atoms with Crippen LogP contribution in [-0.4, -0.2) is 41.4 Å². The summed E-state index contributed by atoms with van der Waals surface area (Å²) in [5.74, 6) is -4.68. The molecule has 0 spiro atoms. The predicted molar refractivity (Wildman–Crippen MR) is 121 cm³/mol. The first kappa shape index (κ1) is 23.9. The number of carbonyl (C=O) groups excluding carboxylic acids is 1. The lowest BCUT2D eigenvalue weighted by molar-refractivity contribution is 0.0928. The van der Waals surface area contributed by atoms with Crippen molar-refractivity contribution in [3.8, 4) is 16.3 Å². The van der Waals surface area contributed by atoms with E-state index >= 15 is 0 Å². The summed E-state index contributed by atoms with van der Waals surface area (Å²) < 4.78 is 48.5. The molecular formula is C21H19Cl2F3N4O2S. The zero-order chi connectivity index (χ0) is 22.4. The van der Waals surface area contributed by atoms with Gasteiger partial charge in [-0.05, 0) is 36.7 Å². The van der Waals surface area contributed by atoms with E-state index < -0.39 is 23.5 Å². The zero-order valence-electron chi connectivity index (χ0n) is 17.0. The van der Waals surface area contributed by atoms with Crippen molar-refractivity contribution in [3.63, 3.8) is 0 Å². The van der Waals surface area contributed by atoms with E-state index in [2.05, 4.69) is 15.7 Å². The summed E-state index contributed by atoms with van der Waals surface area (Å²) in [6.07, 6.45) is 2.09. The fourth-order valence-electron chi connectivity index (χ4n) is 4.22. The molecule has 1 fully saturated rings. The Bertz CT molecular complexity index is 1180. The maximum atomic E-state index is 13.8. The molecular weight excluding hydrogens is 500 g/mol. The molecule has 0 bridgehead atoms. The van der Waals surface area contributed by atoms with Gasteiger partial charge in [0.1, 0.15) is 6.61 Å². The van der Waals surface area contributed by atoms with Crippen molar-refractivity contribution in [2.75, 3.05) is 19.7 Å². The Morgan fingerprint density at radius 2 is 2.03 bits per heavy atom. The molecule has 0 saturated carbocycles. The molecule has 1 aromatic carbocycles. The van der Waals surface area contributed by atoms with Crippen molar-refractivity contribution < 1.29 is 22.7 Å². The number of benzene rings is 1. The number of aromatic nitrogens is 2. The Kier molecular flexibility index (Phi) is 6.90. The van der Waals surface area contributed by atoms with Crippen LogP contribution in [0.3, 0.4) is 0 Å². The van der Waals surface area contributed by atoms with Crippen molar-refractivity contribution in [1.29, 1.82) is 0 Å². The zero-order valence-corrected chi connectivity index (χ0v) is 19.4. The predicted octanol–water partition coefficient (Wildman–Crippen LogP) is 4.37. The Balaban J connectivity index is 0.00000259. The number of thiophene rings is 1. The molecule has 2 aliphatic rings. The van der Waals surface area contributed by atoms with E-state index in [1.54, 1.807) is 16.9 Å². The van der Waals surface area contributed by atoms with Gasteiger partial charge < -0.3 is 15.4 Å². The van der Waals surface area contributed by atoms with Crippen molar-refractivity contribution in [2.24, 2.45) is 0 Å². The number of nitrogens with one attached hydrogen (secondary N) is 2. The third-order valence-electron chi connectivity index (χ3n) is 5.74. The number of halogens is 5. The molecule has 0 unspecified atom stereocenters. The van der Waals surface area contributed by atoms with Crippen LogP contribution < -0.4 is 15.4 Å². The summed E-state index contributed by atoms with van der Waals surface area (Å²) in [5.41, 5.74) is 1.71. The van der Waals surface area contributed by atoms with Crippen LogP contribution in [0.4, 0.5) is 13.2 Å². The fraction of sp³-hybridized carbons (Fsp3) is 0.333. The molecule has 12 heteroatoms. The summed E-state index contributed by atoms with van der Waals surface area (Å²) >= 11 is 7.50.